The maximum atomic E-state index is 13.2. The van der Waals surface area contributed by atoms with Gasteiger partial charge in [0.05, 0.1) is 31.4 Å². The number of sulfonamides is 1. The summed E-state index contributed by atoms with van der Waals surface area (Å²) in [5, 5.41) is 0. The third kappa shape index (κ3) is 4.27. The van der Waals surface area contributed by atoms with Crippen LogP contribution in [-0.2, 0) is 16.6 Å². The molecule has 2 heterocycles. The number of rotatable bonds is 7. The van der Waals surface area contributed by atoms with E-state index in [0.717, 1.165) is 19.3 Å². The van der Waals surface area contributed by atoms with E-state index in [4.69, 9.17) is 14.2 Å². The van der Waals surface area contributed by atoms with Crippen molar-refractivity contribution in [3.63, 3.8) is 0 Å². The lowest BCUT2D eigenvalue weighted by Crippen LogP contribution is -2.28. The predicted octanol–water partition coefficient (Wildman–Crippen LogP) is 4.03. The largest absolute Gasteiger partial charge is 0.493 e. The van der Waals surface area contributed by atoms with Crippen molar-refractivity contribution in [2.24, 2.45) is 0 Å². The van der Waals surface area contributed by atoms with Gasteiger partial charge in [0.15, 0.2) is 11.5 Å². The van der Waals surface area contributed by atoms with Crippen molar-refractivity contribution in [1.29, 1.82) is 0 Å². The fourth-order valence-corrected chi connectivity index (χ4v) is 5.19. The van der Waals surface area contributed by atoms with Crippen molar-refractivity contribution in [3.05, 3.63) is 47.3 Å². The van der Waals surface area contributed by atoms with Gasteiger partial charge in [0.1, 0.15) is 17.0 Å². The van der Waals surface area contributed by atoms with Crippen molar-refractivity contribution in [2.75, 3.05) is 14.2 Å². The van der Waals surface area contributed by atoms with Gasteiger partial charge in [-0.3, -0.25) is 0 Å². The summed E-state index contributed by atoms with van der Waals surface area (Å²) in [6.07, 6.45) is 6.77. The smallest absolute Gasteiger partial charge is 0.241 e. The summed E-state index contributed by atoms with van der Waals surface area (Å²) in [7, 11) is -0.692. The zero-order chi connectivity index (χ0) is 22.2. The van der Waals surface area contributed by atoms with Crippen LogP contribution < -0.4 is 18.9 Å². The molecule has 0 radical (unpaired) electrons. The quantitative estimate of drug-likeness (QED) is 0.694. The van der Waals surface area contributed by atoms with E-state index in [2.05, 4.69) is 9.71 Å². The molecular formula is C23H28N2O5S. The Hall–Kier alpha value is -2.58. The van der Waals surface area contributed by atoms with Crippen LogP contribution in [0.3, 0.4) is 0 Å². The predicted molar refractivity (Wildman–Crippen MR) is 118 cm³/mol. The molecule has 0 atom stereocenters. The Morgan fingerprint density at radius 1 is 1.16 bits per heavy atom. The van der Waals surface area contributed by atoms with Gasteiger partial charge >= 0.3 is 0 Å². The molecule has 1 aromatic heterocycles. The van der Waals surface area contributed by atoms with E-state index in [-0.39, 0.29) is 23.0 Å². The standard InChI is InChI=1S/C23H28N2O5S/c1-23(2)13-12-17-18(30-23)9-8-16(25-17)14-24-31(26,27)20-11-10-19(28-3)22(29-4)21(20)15-6-5-7-15/h8-13,15,24H,5-7,14H2,1-4H3. The molecule has 0 bridgehead atoms. The summed E-state index contributed by atoms with van der Waals surface area (Å²) in [5.41, 5.74) is 1.61. The SMILES string of the molecule is COc1ccc(S(=O)(=O)NCc2ccc3c(n2)C=CC(C)(C)O3)c(C2CCC2)c1OC. The van der Waals surface area contributed by atoms with Crippen LogP contribution in [0.5, 0.6) is 17.2 Å². The second kappa shape index (κ2) is 8.16. The van der Waals surface area contributed by atoms with Gasteiger partial charge in [0.2, 0.25) is 10.0 Å². The normalized spacial score (nSPS) is 17.4. The van der Waals surface area contributed by atoms with Gasteiger partial charge in [-0.1, -0.05) is 6.42 Å². The molecule has 7 nitrogen and oxygen atoms in total. The van der Waals surface area contributed by atoms with Gasteiger partial charge in [-0.15, -0.1) is 0 Å². The fraction of sp³-hybridized carbons (Fsp3) is 0.435. The minimum absolute atomic E-state index is 0.0747. The Morgan fingerprint density at radius 3 is 2.58 bits per heavy atom. The third-order valence-electron chi connectivity index (χ3n) is 5.75. The van der Waals surface area contributed by atoms with Gasteiger partial charge in [-0.2, -0.15) is 0 Å². The molecule has 1 aliphatic heterocycles. The molecule has 2 aromatic rings. The highest BCUT2D eigenvalue weighted by molar-refractivity contribution is 7.89. The molecule has 1 N–H and O–H groups in total. The third-order valence-corrected chi connectivity index (χ3v) is 7.21. The first kappa shape index (κ1) is 21.6. The van der Waals surface area contributed by atoms with E-state index in [1.807, 2.05) is 32.1 Å². The molecule has 1 fully saturated rings. The maximum Gasteiger partial charge on any atom is 0.241 e. The number of hydrogen-bond donors (Lipinski definition) is 1. The molecular weight excluding hydrogens is 416 g/mol. The minimum atomic E-state index is -3.78. The molecule has 166 valence electrons. The highest BCUT2D eigenvalue weighted by Gasteiger charge is 2.32. The highest BCUT2D eigenvalue weighted by atomic mass is 32.2. The number of pyridine rings is 1. The lowest BCUT2D eigenvalue weighted by atomic mass is 9.79. The summed E-state index contributed by atoms with van der Waals surface area (Å²) in [5.74, 6) is 1.86. The van der Waals surface area contributed by atoms with Crippen LogP contribution in [-0.4, -0.2) is 33.2 Å². The minimum Gasteiger partial charge on any atom is -0.493 e. The summed E-state index contributed by atoms with van der Waals surface area (Å²) in [6.45, 7) is 4.01. The average molecular weight is 445 g/mol. The molecule has 1 aromatic carbocycles. The summed E-state index contributed by atoms with van der Waals surface area (Å²) in [6, 6.07) is 6.83. The Labute approximate surface area is 183 Å². The average Bonchev–Trinajstić information content (AvgIpc) is 2.70. The van der Waals surface area contributed by atoms with Crippen LogP contribution in [0.15, 0.2) is 35.2 Å². The second-order valence-corrected chi connectivity index (χ2v) is 10.1. The Morgan fingerprint density at radius 2 is 1.94 bits per heavy atom. The van der Waals surface area contributed by atoms with E-state index in [9.17, 15) is 8.42 Å². The molecule has 4 rings (SSSR count). The van der Waals surface area contributed by atoms with Crippen LogP contribution >= 0.6 is 0 Å². The number of benzene rings is 1. The van der Waals surface area contributed by atoms with Crippen LogP contribution in [0.25, 0.3) is 6.08 Å². The van der Waals surface area contributed by atoms with Crippen LogP contribution in [0.2, 0.25) is 0 Å². The summed E-state index contributed by atoms with van der Waals surface area (Å²) >= 11 is 0. The Balaban J connectivity index is 1.60. The lowest BCUT2D eigenvalue weighted by molar-refractivity contribution is 0.158. The first-order valence-electron chi connectivity index (χ1n) is 10.4. The van der Waals surface area contributed by atoms with Gasteiger partial charge in [-0.05, 0) is 69.0 Å². The zero-order valence-corrected chi connectivity index (χ0v) is 19.1. The van der Waals surface area contributed by atoms with E-state index in [0.29, 0.717) is 34.2 Å². The van der Waals surface area contributed by atoms with Gasteiger partial charge in [-0.25, -0.2) is 18.1 Å². The topological polar surface area (TPSA) is 86.8 Å². The first-order chi connectivity index (χ1) is 14.7. The fourth-order valence-electron chi connectivity index (χ4n) is 3.90. The number of methoxy groups -OCH3 is 2. The molecule has 0 spiro atoms. The first-order valence-corrected chi connectivity index (χ1v) is 11.8. The van der Waals surface area contributed by atoms with Crippen molar-refractivity contribution >= 4 is 16.1 Å². The van der Waals surface area contributed by atoms with E-state index in [1.54, 1.807) is 25.3 Å². The van der Waals surface area contributed by atoms with E-state index < -0.39 is 10.0 Å². The van der Waals surface area contributed by atoms with Crippen molar-refractivity contribution in [3.8, 4) is 17.2 Å². The number of hydrogen-bond acceptors (Lipinski definition) is 6. The number of fused-ring (bicyclic) bond motifs is 1. The number of nitrogens with zero attached hydrogens (tertiary/aromatic N) is 1. The monoisotopic (exact) mass is 444 g/mol. The van der Waals surface area contributed by atoms with Crippen LogP contribution in [0, 0.1) is 0 Å². The summed E-state index contributed by atoms with van der Waals surface area (Å²) in [4.78, 5) is 4.77. The molecule has 0 saturated heterocycles. The van der Waals surface area contributed by atoms with E-state index in [1.165, 1.54) is 7.11 Å². The van der Waals surface area contributed by atoms with Gasteiger partial charge in [0, 0.05) is 5.56 Å². The molecule has 0 unspecified atom stereocenters. The molecule has 31 heavy (non-hydrogen) atoms. The van der Waals surface area contributed by atoms with Crippen molar-refractivity contribution in [1.82, 2.24) is 9.71 Å². The molecule has 0 amide bonds. The number of aromatic nitrogens is 1. The maximum absolute atomic E-state index is 13.2. The second-order valence-electron chi connectivity index (χ2n) is 8.39. The Kier molecular flexibility index (Phi) is 5.70. The molecule has 1 aliphatic carbocycles. The van der Waals surface area contributed by atoms with Crippen molar-refractivity contribution in [2.45, 2.75) is 56.1 Å². The zero-order valence-electron chi connectivity index (χ0n) is 18.3. The van der Waals surface area contributed by atoms with Crippen LogP contribution in [0.4, 0.5) is 0 Å². The van der Waals surface area contributed by atoms with E-state index >= 15 is 0 Å². The van der Waals surface area contributed by atoms with Gasteiger partial charge in [0.25, 0.3) is 0 Å². The number of ether oxygens (including phenoxy) is 3. The highest BCUT2D eigenvalue weighted by Crippen LogP contribution is 2.47. The van der Waals surface area contributed by atoms with Crippen LogP contribution in [0.1, 0.15) is 56.0 Å². The molecule has 2 aliphatic rings. The summed E-state index contributed by atoms with van der Waals surface area (Å²) < 4.78 is 46.0. The number of nitrogens with one attached hydrogen (secondary N) is 1. The lowest BCUT2D eigenvalue weighted by Gasteiger charge is -2.30. The molecule has 8 heteroatoms. The van der Waals surface area contributed by atoms with Crippen molar-refractivity contribution < 1.29 is 22.6 Å². The molecule has 1 saturated carbocycles. The Bertz CT molecular complexity index is 1120. The van der Waals surface area contributed by atoms with Gasteiger partial charge < -0.3 is 14.2 Å².